The minimum absolute atomic E-state index is 0.176. The largest absolute Gasteiger partial charge is 0.369 e. The molecule has 1 unspecified atom stereocenters. The normalized spacial score (nSPS) is 26.7. The van der Waals surface area contributed by atoms with Crippen LogP contribution >= 0.6 is 0 Å². The van der Waals surface area contributed by atoms with Crippen LogP contribution in [0.15, 0.2) is 11.6 Å². The molecule has 9 heavy (non-hydrogen) atoms. The second-order valence-electron chi connectivity index (χ2n) is 2.23. The van der Waals surface area contributed by atoms with Gasteiger partial charge in [0.1, 0.15) is 6.10 Å². The molecule has 0 saturated heterocycles. The highest BCUT2D eigenvalue weighted by Crippen LogP contribution is 2.16. The number of methoxy groups -OCH3 is 1. The number of ether oxygens (including phenoxy) is 1. The van der Waals surface area contributed by atoms with E-state index in [4.69, 9.17) is 4.74 Å². The molecule has 2 heteroatoms. The molecule has 1 atom stereocenters. The lowest BCUT2D eigenvalue weighted by Crippen LogP contribution is -2.18. The van der Waals surface area contributed by atoms with E-state index in [2.05, 4.69) is 0 Å². The molecule has 0 amide bonds. The molecule has 0 radical (unpaired) electrons. The quantitative estimate of drug-likeness (QED) is 0.488. The van der Waals surface area contributed by atoms with Crippen molar-refractivity contribution in [2.24, 2.45) is 0 Å². The van der Waals surface area contributed by atoms with Crippen molar-refractivity contribution in [1.82, 2.24) is 0 Å². The molecule has 50 valence electrons. The standard InChI is InChI=1S/C7H10O2/c1-5-3-4-6(8)7(5)9-2/h3,7H,4H2,1-2H3. The lowest BCUT2D eigenvalue weighted by atomic mass is 10.2. The van der Waals surface area contributed by atoms with Gasteiger partial charge in [0.15, 0.2) is 5.78 Å². The van der Waals surface area contributed by atoms with Crippen molar-refractivity contribution >= 4 is 5.78 Å². The number of hydrogen-bond acceptors (Lipinski definition) is 2. The summed E-state index contributed by atoms with van der Waals surface area (Å²) in [6.45, 7) is 1.92. The predicted molar refractivity (Wildman–Crippen MR) is 34.2 cm³/mol. The molecule has 0 aromatic carbocycles. The van der Waals surface area contributed by atoms with E-state index in [0.717, 1.165) is 5.57 Å². The number of allylic oxidation sites excluding steroid dienone is 1. The maximum Gasteiger partial charge on any atom is 0.169 e. The zero-order valence-corrected chi connectivity index (χ0v) is 5.68. The molecule has 2 nitrogen and oxygen atoms in total. The van der Waals surface area contributed by atoms with Gasteiger partial charge in [-0.15, -0.1) is 0 Å². The number of Topliss-reactive ketones (excluding diaryl/α,β-unsaturated/α-hetero) is 1. The molecule has 0 N–H and O–H groups in total. The number of hydrogen-bond donors (Lipinski definition) is 0. The first-order valence-electron chi connectivity index (χ1n) is 2.98. The lowest BCUT2D eigenvalue weighted by Gasteiger charge is -2.05. The summed E-state index contributed by atoms with van der Waals surface area (Å²) in [6.07, 6.45) is 2.21. The van der Waals surface area contributed by atoms with Gasteiger partial charge >= 0.3 is 0 Å². The SMILES string of the molecule is COC1C(=O)CC=C1C. The molecule has 0 aromatic rings. The van der Waals surface area contributed by atoms with Gasteiger partial charge in [-0.25, -0.2) is 0 Å². The first-order chi connectivity index (χ1) is 4.25. The Morgan fingerprint density at radius 3 is 2.67 bits per heavy atom. The summed E-state index contributed by atoms with van der Waals surface area (Å²) in [5.41, 5.74) is 1.04. The molecule has 0 aromatic heterocycles. The first-order valence-corrected chi connectivity index (χ1v) is 2.98. The Morgan fingerprint density at radius 2 is 2.44 bits per heavy atom. The number of ketones is 1. The third-order valence-corrected chi connectivity index (χ3v) is 1.57. The van der Waals surface area contributed by atoms with Crippen molar-refractivity contribution in [3.05, 3.63) is 11.6 Å². The molecular formula is C7H10O2. The summed E-state index contributed by atoms with van der Waals surface area (Å²) in [5.74, 6) is 0.176. The van der Waals surface area contributed by atoms with Crippen LogP contribution in [0.2, 0.25) is 0 Å². The summed E-state index contributed by atoms with van der Waals surface area (Å²) in [7, 11) is 1.56. The molecule has 0 spiro atoms. The fourth-order valence-corrected chi connectivity index (χ4v) is 1.05. The Kier molecular flexibility index (Phi) is 1.67. The van der Waals surface area contributed by atoms with Crippen molar-refractivity contribution in [2.75, 3.05) is 7.11 Å². The molecular weight excluding hydrogens is 116 g/mol. The van der Waals surface area contributed by atoms with E-state index >= 15 is 0 Å². The molecule has 0 fully saturated rings. The third-order valence-electron chi connectivity index (χ3n) is 1.57. The number of carbonyl (C=O) groups is 1. The van der Waals surface area contributed by atoms with Crippen LogP contribution in [0, 0.1) is 0 Å². The summed E-state index contributed by atoms with van der Waals surface area (Å²) in [5, 5.41) is 0. The third kappa shape index (κ3) is 1.03. The van der Waals surface area contributed by atoms with E-state index in [0.29, 0.717) is 6.42 Å². The van der Waals surface area contributed by atoms with Crippen molar-refractivity contribution < 1.29 is 9.53 Å². The highest BCUT2D eigenvalue weighted by atomic mass is 16.5. The predicted octanol–water partition coefficient (Wildman–Crippen LogP) is 0.921. The van der Waals surface area contributed by atoms with Gasteiger partial charge in [0.2, 0.25) is 0 Å². The molecule has 1 rings (SSSR count). The second-order valence-corrected chi connectivity index (χ2v) is 2.23. The van der Waals surface area contributed by atoms with E-state index in [-0.39, 0.29) is 11.9 Å². The summed E-state index contributed by atoms with van der Waals surface area (Å²) in [6, 6.07) is 0. The fraction of sp³-hybridized carbons (Fsp3) is 0.571. The minimum atomic E-state index is -0.245. The summed E-state index contributed by atoms with van der Waals surface area (Å²) >= 11 is 0. The van der Waals surface area contributed by atoms with Crippen molar-refractivity contribution in [3.63, 3.8) is 0 Å². The van der Waals surface area contributed by atoms with Crippen LogP contribution in [0.3, 0.4) is 0 Å². The highest BCUT2D eigenvalue weighted by molar-refractivity contribution is 5.90. The van der Waals surface area contributed by atoms with E-state index in [1.165, 1.54) is 0 Å². The Balaban J connectivity index is 2.67. The molecule has 0 aliphatic heterocycles. The molecule has 1 aliphatic carbocycles. The van der Waals surface area contributed by atoms with Crippen molar-refractivity contribution in [3.8, 4) is 0 Å². The van der Waals surface area contributed by atoms with Gasteiger partial charge in [0, 0.05) is 13.5 Å². The Bertz CT molecular complexity index is 158. The van der Waals surface area contributed by atoms with E-state index in [1.54, 1.807) is 7.11 Å². The number of rotatable bonds is 1. The smallest absolute Gasteiger partial charge is 0.169 e. The Labute approximate surface area is 54.5 Å². The van der Waals surface area contributed by atoms with Crippen LogP contribution in [-0.2, 0) is 9.53 Å². The van der Waals surface area contributed by atoms with Crippen LogP contribution in [-0.4, -0.2) is 19.0 Å². The van der Waals surface area contributed by atoms with Crippen molar-refractivity contribution in [1.29, 1.82) is 0 Å². The van der Waals surface area contributed by atoms with E-state index < -0.39 is 0 Å². The topological polar surface area (TPSA) is 26.3 Å². The summed E-state index contributed by atoms with van der Waals surface area (Å²) in [4.78, 5) is 10.8. The average molecular weight is 126 g/mol. The van der Waals surface area contributed by atoms with Crippen LogP contribution < -0.4 is 0 Å². The molecule has 0 bridgehead atoms. The van der Waals surface area contributed by atoms with Gasteiger partial charge in [0.05, 0.1) is 0 Å². The molecule has 0 saturated carbocycles. The van der Waals surface area contributed by atoms with Gasteiger partial charge in [-0.1, -0.05) is 6.08 Å². The minimum Gasteiger partial charge on any atom is -0.369 e. The van der Waals surface area contributed by atoms with Gasteiger partial charge in [-0.05, 0) is 12.5 Å². The number of carbonyl (C=O) groups excluding carboxylic acids is 1. The summed E-state index contributed by atoms with van der Waals surface area (Å²) < 4.78 is 4.92. The van der Waals surface area contributed by atoms with Gasteiger partial charge in [-0.2, -0.15) is 0 Å². The fourth-order valence-electron chi connectivity index (χ4n) is 1.05. The first kappa shape index (κ1) is 6.49. The zero-order valence-electron chi connectivity index (χ0n) is 5.68. The van der Waals surface area contributed by atoms with Crippen LogP contribution in [0.25, 0.3) is 0 Å². The Morgan fingerprint density at radius 1 is 1.78 bits per heavy atom. The zero-order chi connectivity index (χ0) is 6.85. The van der Waals surface area contributed by atoms with Crippen LogP contribution in [0.4, 0.5) is 0 Å². The lowest BCUT2D eigenvalue weighted by molar-refractivity contribution is -0.124. The van der Waals surface area contributed by atoms with Gasteiger partial charge in [-0.3, -0.25) is 4.79 Å². The van der Waals surface area contributed by atoms with Gasteiger partial charge < -0.3 is 4.74 Å². The highest BCUT2D eigenvalue weighted by Gasteiger charge is 2.23. The van der Waals surface area contributed by atoms with Gasteiger partial charge in [0.25, 0.3) is 0 Å². The maximum atomic E-state index is 10.8. The van der Waals surface area contributed by atoms with Crippen LogP contribution in [0.5, 0.6) is 0 Å². The second kappa shape index (κ2) is 2.31. The maximum absolute atomic E-state index is 10.8. The van der Waals surface area contributed by atoms with Crippen LogP contribution in [0.1, 0.15) is 13.3 Å². The van der Waals surface area contributed by atoms with E-state index in [9.17, 15) is 4.79 Å². The molecule has 1 aliphatic rings. The molecule has 0 heterocycles. The monoisotopic (exact) mass is 126 g/mol. The van der Waals surface area contributed by atoms with Crippen molar-refractivity contribution in [2.45, 2.75) is 19.4 Å². The Hall–Kier alpha value is -0.630. The van der Waals surface area contributed by atoms with E-state index in [1.807, 2.05) is 13.0 Å². The average Bonchev–Trinajstić information content (AvgIpc) is 2.12.